The van der Waals surface area contributed by atoms with Crippen LogP contribution in [0.3, 0.4) is 0 Å². The first kappa shape index (κ1) is 16.9. The molecule has 7 nitrogen and oxygen atoms in total. The quantitative estimate of drug-likeness (QED) is 0.736. The van der Waals surface area contributed by atoms with E-state index in [1.54, 1.807) is 6.92 Å². The second-order valence-electron chi connectivity index (χ2n) is 5.48. The lowest BCUT2D eigenvalue weighted by molar-refractivity contribution is -0.122. The Bertz CT molecular complexity index is 529. The molecule has 0 aliphatic carbocycles. The van der Waals surface area contributed by atoms with Crippen molar-refractivity contribution >= 4 is 17.6 Å². The SMILES string of the molecule is CC(C)NC(=O)C(C)Nc1cnc(C(C)C)nc1C(=O)O. The number of carboxylic acid groups (broad SMARTS) is 1. The Kier molecular flexibility index (Phi) is 5.63. The van der Waals surface area contributed by atoms with Crippen LogP contribution in [0.15, 0.2) is 6.20 Å². The smallest absolute Gasteiger partial charge is 0.356 e. The van der Waals surface area contributed by atoms with Crippen LogP contribution in [0.1, 0.15) is 56.8 Å². The Hall–Kier alpha value is -2.18. The number of carbonyl (C=O) groups is 2. The highest BCUT2D eigenvalue weighted by atomic mass is 16.4. The molecule has 0 fully saturated rings. The van der Waals surface area contributed by atoms with Crippen molar-refractivity contribution in [2.75, 3.05) is 5.32 Å². The van der Waals surface area contributed by atoms with Gasteiger partial charge in [-0.25, -0.2) is 14.8 Å². The van der Waals surface area contributed by atoms with Gasteiger partial charge in [-0.3, -0.25) is 4.79 Å². The van der Waals surface area contributed by atoms with E-state index in [9.17, 15) is 14.7 Å². The van der Waals surface area contributed by atoms with Crippen molar-refractivity contribution in [2.24, 2.45) is 0 Å². The Balaban J connectivity index is 2.97. The van der Waals surface area contributed by atoms with Crippen molar-refractivity contribution in [1.29, 1.82) is 0 Å². The third-order valence-electron chi connectivity index (χ3n) is 2.72. The first-order chi connectivity index (χ1) is 9.72. The summed E-state index contributed by atoms with van der Waals surface area (Å²) in [5.74, 6) is -0.886. The first-order valence-electron chi connectivity index (χ1n) is 6.89. The molecule has 116 valence electrons. The molecule has 0 aliphatic rings. The van der Waals surface area contributed by atoms with Crippen molar-refractivity contribution in [3.8, 4) is 0 Å². The molecule has 1 rings (SSSR count). The molecule has 0 saturated carbocycles. The van der Waals surface area contributed by atoms with Crippen molar-refractivity contribution in [3.63, 3.8) is 0 Å². The van der Waals surface area contributed by atoms with E-state index in [1.165, 1.54) is 6.20 Å². The molecule has 21 heavy (non-hydrogen) atoms. The Morgan fingerprint density at radius 2 is 1.81 bits per heavy atom. The fourth-order valence-corrected chi connectivity index (χ4v) is 1.65. The minimum atomic E-state index is -1.15. The number of carbonyl (C=O) groups excluding carboxylic acids is 1. The average molecular weight is 294 g/mol. The van der Waals surface area contributed by atoms with E-state index in [4.69, 9.17) is 0 Å². The van der Waals surface area contributed by atoms with E-state index < -0.39 is 12.0 Å². The molecular formula is C14H22N4O3. The van der Waals surface area contributed by atoms with Crippen LogP contribution in [0.5, 0.6) is 0 Å². The zero-order valence-corrected chi connectivity index (χ0v) is 13.0. The second-order valence-corrected chi connectivity index (χ2v) is 5.48. The van der Waals surface area contributed by atoms with Crippen LogP contribution in [0.2, 0.25) is 0 Å². The predicted octanol–water partition coefficient (Wildman–Crippen LogP) is 1.62. The van der Waals surface area contributed by atoms with Crippen LogP contribution in [0.25, 0.3) is 0 Å². The van der Waals surface area contributed by atoms with E-state index in [-0.39, 0.29) is 29.2 Å². The Morgan fingerprint density at radius 3 is 2.29 bits per heavy atom. The van der Waals surface area contributed by atoms with Crippen molar-refractivity contribution in [3.05, 3.63) is 17.7 Å². The van der Waals surface area contributed by atoms with Crippen LogP contribution in [0.4, 0.5) is 5.69 Å². The molecule has 0 saturated heterocycles. The van der Waals surface area contributed by atoms with Crippen LogP contribution < -0.4 is 10.6 Å². The highest BCUT2D eigenvalue weighted by molar-refractivity contribution is 5.93. The van der Waals surface area contributed by atoms with Gasteiger partial charge in [0.25, 0.3) is 0 Å². The minimum Gasteiger partial charge on any atom is -0.476 e. The number of rotatable bonds is 6. The zero-order chi connectivity index (χ0) is 16.2. The van der Waals surface area contributed by atoms with Gasteiger partial charge in [0.1, 0.15) is 11.9 Å². The highest BCUT2D eigenvalue weighted by Crippen LogP contribution is 2.17. The molecule has 1 aromatic rings. The Labute approximate surface area is 124 Å². The third-order valence-corrected chi connectivity index (χ3v) is 2.72. The molecule has 1 atom stereocenters. The lowest BCUT2D eigenvalue weighted by Gasteiger charge is -2.18. The van der Waals surface area contributed by atoms with Gasteiger partial charge in [-0.2, -0.15) is 0 Å². The lowest BCUT2D eigenvalue weighted by atomic mass is 10.2. The van der Waals surface area contributed by atoms with Crippen LogP contribution in [0, 0.1) is 0 Å². The minimum absolute atomic E-state index is 0.0141. The molecule has 1 amide bonds. The van der Waals surface area contributed by atoms with Crippen LogP contribution in [-0.4, -0.2) is 39.0 Å². The van der Waals surface area contributed by atoms with Gasteiger partial charge in [-0.1, -0.05) is 13.8 Å². The van der Waals surface area contributed by atoms with Crippen LogP contribution in [-0.2, 0) is 4.79 Å². The topological polar surface area (TPSA) is 104 Å². The number of nitrogens with zero attached hydrogens (tertiary/aromatic N) is 2. The summed E-state index contributed by atoms with van der Waals surface area (Å²) < 4.78 is 0. The van der Waals surface area contributed by atoms with E-state index in [0.29, 0.717) is 5.82 Å². The normalized spacial score (nSPS) is 12.3. The van der Waals surface area contributed by atoms with E-state index in [2.05, 4.69) is 20.6 Å². The molecule has 1 heterocycles. The van der Waals surface area contributed by atoms with Gasteiger partial charge in [0.15, 0.2) is 5.69 Å². The van der Waals surface area contributed by atoms with Gasteiger partial charge >= 0.3 is 5.97 Å². The summed E-state index contributed by atoms with van der Waals surface area (Å²) in [6, 6.07) is -0.570. The van der Waals surface area contributed by atoms with Crippen molar-refractivity contribution < 1.29 is 14.7 Å². The summed E-state index contributed by atoms with van der Waals surface area (Å²) in [4.78, 5) is 31.3. The van der Waals surface area contributed by atoms with Crippen molar-refractivity contribution in [2.45, 2.75) is 52.6 Å². The highest BCUT2D eigenvalue weighted by Gasteiger charge is 2.20. The monoisotopic (exact) mass is 294 g/mol. The number of anilines is 1. The molecular weight excluding hydrogens is 272 g/mol. The summed E-state index contributed by atoms with van der Waals surface area (Å²) in [6.45, 7) is 9.13. The number of carboxylic acids is 1. The summed E-state index contributed by atoms with van der Waals surface area (Å²) in [5.41, 5.74) is 0.108. The standard InChI is InChI=1S/C14H22N4O3/c1-7(2)12-15-6-10(11(18-12)14(20)21)17-9(5)13(19)16-8(3)4/h6-9,17H,1-5H3,(H,16,19)(H,20,21). The number of aromatic nitrogens is 2. The molecule has 0 bridgehead atoms. The second kappa shape index (κ2) is 7.01. The summed E-state index contributed by atoms with van der Waals surface area (Å²) in [5, 5.41) is 14.8. The van der Waals surface area contributed by atoms with Gasteiger partial charge in [0.2, 0.25) is 5.91 Å². The maximum atomic E-state index is 11.9. The molecule has 0 spiro atoms. The van der Waals surface area contributed by atoms with Crippen LogP contribution >= 0.6 is 0 Å². The number of hydrogen-bond donors (Lipinski definition) is 3. The molecule has 0 aliphatic heterocycles. The Morgan fingerprint density at radius 1 is 1.19 bits per heavy atom. The summed E-state index contributed by atoms with van der Waals surface area (Å²) >= 11 is 0. The summed E-state index contributed by atoms with van der Waals surface area (Å²) in [7, 11) is 0. The molecule has 3 N–H and O–H groups in total. The first-order valence-corrected chi connectivity index (χ1v) is 6.89. The number of aromatic carboxylic acids is 1. The van der Waals surface area contributed by atoms with Gasteiger partial charge in [0, 0.05) is 12.0 Å². The van der Waals surface area contributed by atoms with Gasteiger partial charge in [-0.15, -0.1) is 0 Å². The average Bonchev–Trinajstić information content (AvgIpc) is 2.37. The van der Waals surface area contributed by atoms with Crippen molar-refractivity contribution in [1.82, 2.24) is 15.3 Å². The van der Waals surface area contributed by atoms with Gasteiger partial charge < -0.3 is 15.7 Å². The van der Waals surface area contributed by atoms with Gasteiger partial charge in [-0.05, 0) is 20.8 Å². The third kappa shape index (κ3) is 4.70. The predicted molar refractivity (Wildman–Crippen MR) is 79.4 cm³/mol. The lowest BCUT2D eigenvalue weighted by Crippen LogP contribution is -2.41. The number of hydrogen-bond acceptors (Lipinski definition) is 5. The molecule has 0 aromatic carbocycles. The van der Waals surface area contributed by atoms with E-state index >= 15 is 0 Å². The molecule has 0 radical (unpaired) electrons. The zero-order valence-electron chi connectivity index (χ0n) is 13.0. The van der Waals surface area contributed by atoms with Gasteiger partial charge in [0.05, 0.1) is 11.9 Å². The van der Waals surface area contributed by atoms with E-state index in [1.807, 2.05) is 27.7 Å². The molecule has 1 aromatic heterocycles. The molecule has 1 unspecified atom stereocenters. The number of nitrogens with one attached hydrogen (secondary N) is 2. The maximum absolute atomic E-state index is 11.9. The fraction of sp³-hybridized carbons (Fsp3) is 0.571. The largest absolute Gasteiger partial charge is 0.476 e. The summed E-state index contributed by atoms with van der Waals surface area (Å²) in [6.07, 6.45) is 1.41. The maximum Gasteiger partial charge on any atom is 0.356 e. The fourth-order valence-electron chi connectivity index (χ4n) is 1.65. The molecule has 7 heteroatoms. The number of amides is 1. The van der Waals surface area contributed by atoms with E-state index in [0.717, 1.165) is 0 Å².